The van der Waals surface area contributed by atoms with Gasteiger partial charge in [0.1, 0.15) is 11.1 Å². The van der Waals surface area contributed by atoms with E-state index in [1.807, 2.05) is 0 Å². The molecule has 3 heteroatoms. The topological polar surface area (TPSA) is 17.1 Å². The van der Waals surface area contributed by atoms with Gasteiger partial charge in [0, 0.05) is 0 Å². The van der Waals surface area contributed by atoms with Crippen molar-refractivity contribution in [3.63, 3.8) is 0 Å². The summed E-state index contributed by atoms with van der Waals surface area (Å²) in [6.07, 6.45) is 2.00. The largest absolute Gasteiger partial charge is 0.299 e. The van der Waals surface area contributed by atoms with Crippen LogP contribution >= 0.6 is 23.2 Å². The Morgan fingerprint density at radius 1 is 1.62 bits per heavy atom. The molecule has 1 nitrogen and oxygen atoms in total. The first kappa shape index (κ1) is 7.99. The summed E-state index contributed by atoms with van der Waals surface area (Å²) in [6.45, 7) is 1.69. The van der Waals surface area contributed by atoms with Crippen LogP contribution in [0.4, 0.5) is 0 Å². The first-order chi connectivity index (χ1) is 3.68. The van der Waals surface area contributed by atoms with E-state index in [0.717, 1.165) is 0 Å². The molecule has 0 N–H and O–H groups in total. The Balaban J connectivity index is 3.78. The maximum Gasteiger partial charge on any atom is 0.142 e. The van der Waals surface area contributed by atoms with E-state index in [4.69, 9.17) is 23.2 Å². The Morgan fingerprint density at radius 3 is 2.25 bits per heavy atom. The Bertz CT molecular complexity index is 107. The molecule has 0 atom stereocenters. The van der Waals surface area contributed by atoms with Gasteiger partial charge < -0.3 is 0 Å². The van der Waals surface area contributed by atoms with Crippen LogP contribution in [-0.4, -0.2) is 11.1 Å². The monoisotopic (exact) mass is 152 g/mol. The van der Waals surface area contributed by atoms with Crippen LogP contribution in [0.1, 0.15) is 6.92 Å². The third-order valence-corrected chi connectivity index (χ3v) is 1.36. The summed E-state index contributed by atoms with van der Waals surface area (Å²) in [5.74, 6) is 0. The number of halogens is 2. The smallest absolute Gasteiger partial charge is 0.142 e. The maximum absolute atomic E-state index is 9.73. The predicted molar refractivity (Wildman–Crippen MR) is 35.3 cm³/mol. The molecule has 46 valence electrons. The number of carbonyl (C=O) groups excluding carboxylic acids is 1. The quantitative estimate of drug-likeness (QED) is 0.336. The van der Waals surface area contributed by atoms with Crippen LogP contribution in [0.5, 0.6) is 0 Å². The number of hydrogen-bond acceptors (Lipinski definition) is 1. The van der Waals surface area contributed by atoms with E-state index in [1.54, 1.807) is 6.92 Å². The summed E-state index contributed by atoms with van der Waals surface area (Å²) in [7, 11) is 0. The Hall–Kier alpha value is -0.0100. The zero-order valence-corrected chi connectivity index (χ0v) is 5.91. The van der Waals surface area contributed by atoms with Crippen LogP contribution in [0.15, 0.2) is 11.6 Å². The highest BCUT2D eigenvalue weighted by atomic mass is 35.5. The molecule has 0 amide bonds. The average molecular weight is 153 g/mol. The van der Waals surface area contributed by atoms with Crippen molar-refractivity contribution >= 4 is 29.5 Å². The van der Waals surface area contributed by atoms with E-state index in [1.165, 1.54) is 6.08 Å². The summed E-state index contributed by atoms with van der Waals surface area (Å²) < 4.78 is 0. The predicted octanol–water partition coefficient (Wildman–Crippen LogP) is 1.94. The second-order valence-corrected chi connectivity index (χ2v) is 2.44. The van der Waals surface area contributed by atoms with Crippen molar-refractivity contribution in [2.45, 2.75) is 11.8 Å². The molecule has 0 aliphatic heterocycles. The van der Waals surface area contributed by atoms with E-state index in [-0.39, 0.29) is 0 Å². The zero-order valence-electron chi connectivity index (χ0n) is 4.40. The van der Waals surface area contributed by atoms with Gasteiger partial charge in [0.2, 0.25) is 0 Å². The normalized spacial score (nSPS) is 12.2. The van der Waals surface area contributed by atoms with Crippen molar-refractivity contribution in [1.29, 1.82) is 0 Å². The summed E-state index contributed by atoms with van der Waals surface area (Å²) in [6, 6.07) is 0. The maximum atomic E-state index is 9.73. The molecular formula is C5H6Cl2O. The van der Waals surface area contributed by atoms with Gasteiger partial charge in [-0.3, -0.25) is 4.79 Å². The lowest BCUT2D eigenvalue weighted by atomic mass is 10.3. The number of hydrogen-bond donors (Lipinski definition) is 0. The third-order valence-electron chi connectivity index (χ3n) is 0.675. The van der Waals surface area contributed by atoms with Crippen molar-refractivity contribution in [3.8, 4) is 0 Å². The van der Waals surface area contributed by atoms with Gasteiger partial charge in [-0.05, 0) is 18.6 Å². The van der Waals surface area contributed by atoms with E-state index in [9.17, 15) is 4.79 Å². The van der Waals surface area contributed by atoms with Crippen LogP contribution in [0.2, 0.25) is 0 Å². The van der Waals surface area contributed by atoms with Crippen LogP contribution in [0, 0.1) is 0 Å². The summed E-state index contributed by atoms with van der Waals surface area (Å²) in [5.41, 5.74) is 0.670. The summed E-state index contributed by atoms with van der Waals surface area (Å²) in [4.78, 5) is 9.17. The van der Waals surface area contributed by atoms with Gasteiger partial charge in [-0.25, -0.2) is 0 Å². The Morgan fingerprint density at radius 2 is 2.12 bits per heavy atom. The number of aldehydes is 1. The van der Waals surface area contributed by atoms with E-state index < -0.39 is 4.84 Å². The summed E-state index contributed by atoms with van der Waals surface area (Å²) in [5, 5.41) is 0. The van der Waals surface area contributed by atoms with E-state index >= 15 is 0 Å². The highest BCUT2D eigenvalue weighted by Gasteiger charge is 1.97. The lowest BCUT2D eigenvalue weighted by molar-refractivity contribution is -0.104. The molecule has 8 heavy (non-hydrogen) atoms. The van der Waals surface area contributed by atoms with Crippen molar-refractivity contribution in [3.05, 3.63) is 11.6 Å². The number of allylic oxidation sites excluding steroid dienone is 2. The van der Waals surface area contributed by atoms with Crippen molar-refractivity contribution in [1.82, 2.24) is 0 Å². The van der Waals surface area contributed by atoms with Crippen LogP contribution < -0.4 is 0 Å². The Labute approximate surface area is 58.3 Å². The molecule has 0 saturated heterocycles. The lowest BCUT2D eigenvalue weighted by Crippen LogP contribution is -1.87. The molecule has 0 aromatic heterocycles. The molecule has 0 radical (unpaired) electrons. The second kappa shape index (κ2) is 3.93. The van der Waals surface area contributed by atoms with Gasteiger partial charge in [-0.1, -0.05) is 0 Å². The van der Waals surface area contributed by atoms with Gasteiger partial charge in [0.05, 0.1) is 0 Å². The highest BCUT2D eigenvalue weighted by Crippen LogP contribution is 2.11. The first-order valence-corrected chi connectivity index (χ1v) is 2.96. The molecule has 0 saturated carbocycles. The molecule has 0 aliphatic carbocycles. The number of alkyl halides is 2. The van der Waals surface area contributed by atoms with Crippen molar-refractivity contribution in [2.75, 3.05) is 0 Å². The highest BCUT2D eigenvalue weighted by molar-refractivity contribution is 6.46. The first-order valence-electron chi connectivity index (χ1n) is 2.08. The number of rotatable bonds is 2. The molecule has 0 aliphatic rings. The molecule has 0 bridgehead atoms. The van der Waals surface area contributed by atoms with Gasteiger partial charge >= 0.3 is 0 Å². The fourth-order valence-corrected chi connectivity index (χ4v) is 0.326. The molecule has 0 spiro atoms. The zero-order chi connectivity index (χ0) is 6.57. The Kier molecular flexibility index (Phi) is 3.92. The van der Waals surface area contributed by atoms with Crippen LogP contribution in [0.25, 0.3) is 0 Å². The lowest BCUT2D eigenvalue weighted by Gasteiger charge is -1.94. The minimum atomic E-state index is -0.555. The molecule has 0 aromatic carbocycles. The SMILES string of the molecule is C/C(=C/C=O)C(Cl)Cl. The third kappa shape index (κ3) is 3.05. The van der Waals surface area contributed by atoms with Crippen LogP contribution in [-0.2, 0) is 4.79 Å². The standard InChI is InChI=1S/C5H6Cl2O/c1-4(2-3-8)5(6)7/h2-3,5H,1H3/b4-2-. The van der Waals surface area contributed by atoms with Gasteiger partial charge in [-0.2, -0.15) is 0 Å². The second-order valence-electron chi connectivity index (χ2n) is 1.35. The molecule has 0 fully saturated rings. The fraction of sp³-hybridized carbons (Fsp3) is 0.400. The minimum absolute atomic E-state index is 0.555. The van der Waals surface area contributed by atoms with Gasteiger partial charge in [0.25, 0.3) is 0 Å². The van der Waals surface area contributed by atoms with Crippen molar-refractivity contribution in [2.24, 2.45) is 0 Å². The van der Waals surface area contributed by atoms with E-state index in [0.29, 0.717) is 11.9 Å². The minimum Gasteiger partial charge on any atom is -0.299 e. The van der Waals surface area contributed by atoms with Crippen LogP contribution in [0.3, 0.4) is 0 Å². The van der Waals surface area contributed by atoms with Crippen molar-refractivity contribution < 1.29 is 4.79 Å². The molecule has 0 unspecified atom stereocenters. The summed E-state index contributed by atoms with van der Waals surface area (Å²) >= 11 is 10.7. The fourth-order valence-electron chi connectivity index (χ4n) is 0.180. The average Bonchev–Trinajstić information content (AvgIpc) is 1.67. The van der Waals surface area contributed by atoms with Gasteiger partial charge in [0.15, 0.2) is 0 Å². The van der Waals surface area contributed by atoms with Gasteiger partial charge in [-0.15, -0.1) is 23.2 Å². The molecule has 0 heterocycles. The molecule has 0 aromatic rings. The molecular weight excluding hydrogens is 147 g/mol. The molecule has 0 rings (SSSR count). The number of carbonyl (C=O) groups is 1. The van der Waals surface area contributed by atoms with E-state index in [2.05, 4.69) is 0 Å².